The molecule has 3 atom stereocenters. The largest absolute Gasteiger partial charge is 0.459 e. The van der Waals surface area contributed by atoms with E-state index in [1.54, 1.807) is 11.5 Å². The maximum atomic E-state index is 13.1. The van der Waals surface area contributed by atoms with Crippen molar-refractivity contribution in [2.45, 2.75) is 38.0 Å². The highest BCUT2D eigenvalue weighted by atomic mass is 16.5. The van der Waals surface area contributed by atoms with E-state index in [0.29, 0.717) is 18.0 Å². The van der Waals surface area contributed by atoms with Crippen molar-refractivity contribution in [3.05, 3.63) is 64.7 Å². The average molecular weight is 504 g/mol. The lowest BCUT2D eigenvalue weighted by atomic mass is 9.93. The number of amides is 1. The van der Waals surface area contributed by atoms with Crippen LogP contribution in [-0.2, 0) is 22.4 Å². The number of hydrogen-bond acceptors (Lipinski definition) is 9. The van der Waals surface area contributed by atoms with E-state index in [-0.39, 0.29) is 24.0 Å². The van der Waals surface area contributed by atoms with Crippen molar-refractivity contribution in [2.75, 3.05) is 44.8 Å². The first-order valence-electron chi connectivity index (χ1n) is 12.9. The van der Waals surface area contributed by atoms with Crippen LogP contribution < -0.4 is 15.9 Å². The molecule has 194 valence electrons. The van der Waals surface area contributed by atoms with Crippen molar-refractivity contribution >= 4 is 23.9 Å². The smallest absolute Gasteiger partial charge is 0.338 e. The lowest BCUT2D eigenvalue weighted by Gasteiger charge is -2.47. The summed E-state index contributed by atoms with van der Waals surface area (Å²) in [6.07, 6.45) is 2.79. The third-order valence-electron chi connectivity index (χ3n) is 7.70. The third-order valence-corrected chi connectivity index (χ3v) is 7.70. The summed E-state index contributed by atoms with van der Waals surface area (Å²) in [7, 11) is 1.83. The van der Waals surface area contributed by atoms with E-state index >= 15 is 0 Å². The molecule has 0 radical (unpaired) electrons. The lowest BCUT2D eigenvalue weighted by molar-refractivity contribution is -0.134. The van der Waals surface area contributed by atoms with Crippen LogP contribution >= 0.6 is 0 Å². The fraction of sp³-hybridized carbons (Fsp3) is 0.444. The van der Waals surface area contributed by atoms with Gasteiger partial charge in [0, 0.05) is 58.3 Å². The number of benzene rings is 2. The molecule has 2 aromatic rings. The number of fused-ring (bicyclic) bond motifs is 2. The molecule has 10 nitrogen and oxygen atoms in total. The molecule has 2 aromatic carbocycles. The van der Waals surface area contributed by atoms with Crippen molar-refractivity contribution in [3.8, 4) is 0 Å². The first-order chi connectivity index (χ1) is 17.9. The molecule has 4 aliphatic heterocycles. The molecule has 4 heterocycles. The monoisotopic (exact) mass is 503 g/mol. The quantitative estimate of drug-likeness (QED) is 0.604. The summed E-state index contributed by atoms with van der Waals surface area (Å²) in [6.45, 7) is 6.02. The number of ether oxygens (including phenoxy) is 1. The Morgan fingerprint density at radius 3 is 2.76 bits per heavy atom. The summed E-state index contributed by atoms with van der Waals surface area (Å²) in [4.78, 5) is 29.8. The van der Waals surface area contributed by atoms with Crippen molar-refractivity contribution in [1.29, 1.82) is 0 Å². The van der Waals surface area contributed by atoms with E-state index in [1.165, 1.54) is 5.56 Å². The second-order valence-electron chi connectivity index (χ2n) is 10.4. The van der Waals surface area contributed by atoms with Gasteiger partial charge in [-0.25, -0.2) is 14.9 Å². The van der Waals surface area contributed by atoms with Crippen LogP contribution in [0.2, 0.25) is 0 Å². The molecule has 37 heavy (non-hydrogen) atoms. The van der Waals surface area contributed by atoms with Crippen molar-refractivity contribution < 1.29 is 14.3 Å². The minimum absolute atomic E-state index is 0.0824. The van der Waals surface area contributed by atoms with Gasteiger partial charge >= 0.3 is 5.97 Å². The van der Waals surface area contributed by atoms with Gasteiger partial charge in [-0.3, -0.25) is 9.69 Å². The standard InChI is InChI=1S/C27H33N7O3/c1-18-11-21-13-20(5-8-24(21)27(36)37-18)25-16-32-9-10-33(15-23(32)14-28-25)26(35)12-19-3-6-22(7-4-19)34-17-29-31(2)30-34/h3-8,13,17-18,23,25,28,30H,9-12,14-16H2,1-2H3/t18-,23-,25+/m1/s1. The highest BCUT2D eigenvalue weighted by Gasteiger charge is 2.35. The third kappa shape index (κ3) is 4.92. The number of hydrogen-bond donors (Lipinski definition) is 2. The Hall–Kier alpha value is -3.47. The van der Waals surface area contributed by atoms with E-state index < -0.39 is 0 Å². The Bertz CT molecular complexity index is 1220. The molecular weight excluding hydrogens is 470 g/mol. The molecule has 10 heteroatoms. The van der Waals surface area contributed by atoms with Crippen LogP contribution in [0.25, 0.3) is 0 Å². The Morgan fingerprint density at radius 1 is 1.14 bits per heavy atom. The summed E-state index contributed by atoms with van der Waals surface area (Å²) < 4.78 is 5.36. The number of cyclic esters (lactones) is 1. The molecule has 4 aliphatic rings. The van der Waals surface area contributed by atoms with Crippen LogP contribution in [0.1, 0.15) is 40.0 Å². The number of piperazine rings is 2. The molecule has 0 unspecified atom stereocenters. The van der Waals surface area contributed by atoms with Crippen molar-refractivity contribution in [2.24, 2.45) is 5.10 Å². The minimum atomic E-state index is -0.223. The van der Waals surface area contributed by atoms with Gasteiger partial charge in [0.25, 0.3) is 0 Å². The van der Waals surface area contributed by atoms with E-state index in [2.05, 4.69) is 26.9 Å². The molecule has 0 bridgehead atoms. The number of hydrazine groups is 2. The fourth-order valence-electron chi connectivity index (χ4n) is 5.67. The van der Waals surface area contributed by atoms with Crippen LogP contribution in [-0.4, -0.2) is 85.1 Å². The van der Waals surface area contributed by atoms with Gasteiger partial charge in [0.15, 0.2) is 0 Å². The summed E-state index contributed by atoms with van der Waals surface area (Å²) in [5.41, 5.74) is 8.03. The number of anilines is 1. The zero-order chi connectivity index (χ0) is 25.5. The van der Waals surface area contributed by atoms with Crippen LogP contribution in [0, 0.1) is 0 Å². The Kier molecular flexibility index (Phi) is 6.31. The zero-order valence-corrected chi connectivity index (χ0v) is 21.3. The second kappa shape index (κ2) is 9.77. The number of hydrazone groups is 1. The number of rotatable bonds is 4. The van der Waals surface area contributed by atoms with Crippen molar-refractivity contribution in [1.82, 2.24) is 25.8 Å². The molecule has 6 rings (SSSR count). The predicted molar refractivity (Wildman–Crippen MR) is 140 cm³/mol. The van der Waals surface area contributed by atoms with Crippen LogP contribution in [0.5, 0.6) is 0 Å². The highest BCUT2D eigenvalue weighted by Crippen LogP contribution is 2.28. The number of nitrogens with one attached hydrogen (secondary N) is 2. The summed E-state index contributed by atoms with van der Waals surface area (Å²) in [5, 5.41) is 11.3. The van der Waals surface area contributed by atoms with Crippen LogP contribution in [0.4, 0.5) is 5.69 Å². The average Bonchev–Trinajstić information content (AvgIpc) is 3.34. The minimum Gasteiger partial charge on any atom is -0.459 e. The van der Waals surface area contributed by atoms with E-state index in [4.69, 9.17) is 4.74 Å². The second-order valence-corrected chi connectivity index (χ2v) is 10.4. The zero-order valence-electron chi connectivity index (χ0n) is 21.3. The number of carbonyl (C=O) groups excluding carboxylic acids is 2. The Balaban J connectivity index is 1.04. The predicted octanol–water partition coefficient (Wildman–Crippen LogP) is 1.30. The van der Waals surface area contributed by atoms with Crippen LogP contribution in [0.15, 0.2) is 47.6 Å². The summed E-state index contributed by atoms with van der Waals surface area (Å²) >= 11 is 0. The summed E-state index contributed by atoms with van der Waals surface area (Å²) in [6, 6.07) is 14.6. The normalized spacial score (nSPS) is 25.6. The Labute approximate surface area is 216 Å². The van der Waals surface area contributed by atoms with Crippen molar-refractivity contribution in [3.63, 3.8) is 0 Å². The van der Waals surface area contributed by atoms with E-state index in [0.717, 1.165) is 56.0 Å². The lowest BCUT2D eigenvalue weighted by Crippen LogP contribution is -2.62. The Morgan fingerprint density at radius 2 is 1.97 bits per heavy atom. The first-order valence-corrected chi connectivity index (χ1v) is 12.9. The maximum Gasteiger partial charge on any atom is 0.338 e. The van der Waals surface area contributed by atoms with Gasteiger partial charge in [-0.1, -0.05) is 24.3 Å². The summed E-state index contributed by atoms with van der Waals surface area (Å²) in [5.74, 6) is -0.0506. The number of nitrogens with zero attached hydrogens (tertiary/aromatic N) is 5. The molecule has 2 saturated heterocycles. The van der Waals surface area contributed by atoms with Gasteiger partial charge in [-0.15, -0.1) is 10.6 Å². The molecule has 0 spiro atoms. The van der Waals surface area contributed by atoms with Gasteiger partial charge in [0.05, 0.1) is 17.7 Å². The molecule has 0 aromatic heterocycles. The highest BCUT2D eigenvalue weighted by molar-refractivity contribution is 5.92. The topological polar surface area (TPSA) is 92.8 Å². The molecule has 1 amide bonds. The molecule has 2 N–H and O–H groups in total. The number of esters is 1. The molecule has 0 aliphatic carbocycles. The van der Waals surface area contributed by atoms with Gasteiger partial charge < -0.3 is 15.0 Å². The fourth-order valence-corrected chi connectivity index (χ4v) is 5.67. The van der Waals surface area contributed by atoms with E-state index in [9.17, 15) is 9.59 Å². The molecular formula is C27H33N7O3. The molecule has 2 fully saturated rings. The van der Waals surface area contributed by atoms with Gasteiger partial charge in [-0.2, -0.15) is 0 Å². The van der Waals surface area contributed by atoms with Gasteiger partial charge in [-0.05, 0) is 41.8 Å². The molecule has 0 saturated carbocycles. The van der Waals surface area contributed by atoms with Gasteiger partial charge in [0.2, 0.25) is 5.91 Å². The van der Waals surface area contributed by atoms with Gasteiger partial charge in [0.1, 0.15) is 12.4 Å². The van der Waals surface area contributed by atoms with Crippen LogP contribution in [0.3, 0.4) is 0 Å². The SMILES string of the molecule is C[C@@H]1Cc2cc([C@@H]3CN4CCN(C(=O)Cc5ccc(N6C=NN(C)N6)cc5)C[C@H]4CN3)ccc2C(=O)O1. The van der Waals surface area contributed by atoms with E-state index in [1.807, 2.05) is 60.3 Å². The first kappa shape index (κ1) is 23.9. The number of carbonyl (C=O) groups is 2. The maximum absolute atomic E-state index is 13.1.